The average molecular weight is 372 g/mol. The minimum atomic E-state index is 0.266. The number of methoxy groups -OCH3 is 1. The summed E-state index contributed by atoms with van der Waals surface area (Å²) >= 11 is 0. The first-order valence-electron chi connectivity index (χ1n) is 9.24. The van der Waals surface area contributed by atoms with E-state index in [0.717, 1.165) is 33.8 Å². The van der Waals surface area contributed by atoms with Crippen molar-refractivity contribution in [2.75, 3.05) is 13.7 Å². The lowest BCUT2D eigenvalue weighted by atomic mass is 10.1. The molecule has 3 aromatic carbocycles. The zero-order valence-corrected chi connectivity index (χ0v) is 16.1. The molecule has 0 atom stereocenters. The third-order valence-corrected chi connectivity index (χ3v) is 4.27. The molecule has 0 spiro atoms. The fourth-order valence-corrected chi connectivity index (χ4v) is 2.77. The van der Waals surface area contributed by atoms with Crippen molar-refractivity contribution in [1.82, 2.24) is 0 Å². The number of hydrogen-bond acceptors (Lipinski definition) is 3. The molecule has 142 valence electrons. The Kier molecular flexibility index (Phi) is 6.53. The van der Waals surface area contributed by atoms with E-state index in [0.29, 0.717) is 6.61 Å². The van der Waals surface area contributed by atoms with Crippen LogP contribution in [0.25, 0.3) is 24.3 Å². The number of ether oxygens (including phenoxy) is 2. The Hall–Kier alpha value is -3.46. The SMILES string of the molecule is CCOc1ccc(/C=C/c2ccc(/C=C/c3ccc(O)cc3)cc2OC)cc1. The summed E-state index contributed by atoms with van der Waals surface area (Å²) in [6.45, 7) is 2.64. The Morgan fingerprint density at radius 1 is 0.750 bits per heavy atom. The largest absolute Gasteiger partial charge is 0.508 e. The minimum Gasteiger partial charge on any atom is -0.508 e. The topological polar surface area (TPSA) is 38.7 Å². The van der Waals surface area contributed by atoms with Crippen LogP contribution in [-0.2, 0) is 0 Å². The van der Waals surface area contributed by atoms with Crippen LogP contribution in [0.3, 0.4) is 0 Å². The van der Waals surface area contributed by atoms with Crippen LogP contribution >= 0.6 is 0 Å². The van der Waals surface area contributed by atoms with Crippen molar-refractivity contribution in [3.8, 4) is 17.2 Å². The van der Waals surface area contributed by atoms with Crippen LogP contribution in [0.4, 0.5) is 0 Å². The molecule has 3 rings (SSSR count). The van der Waals surface area contributed by atoms with Gasteiger partial charge in [0.15, 0.2) is 0 Å². The highest BCUT2D eigenvalue weighted by atomic mass is 16.5. The van der Waals surface area contributed by atoms with Crippen molar-refractivity contribution in [1.29, 1.82) is 0 Å². The lowest BCUT2D eigenvalue weighted by Crippen LogP contribution is -1.90. The molecule has 3 heteroatoms. The number of aromatic hydroxyl groups is 1. The van der Waals surface area contributed by atoms with E-state index in [1.165, 1.54) is 0 Å². The molecule has 28 heavy (non-hydrogen) atoms. The molecule has 0 amide bonds. The molecular formula is C25H24O3. The first kappa shape index (κ1) is 19.3. The fourth-order valence-electron chi connectivity index (χ4n) is 2.77. The van der Waals surface area contributed by atoms with Gasteiger partial charge in [-0.2, -0.15) is 0 Å². The number of phenolic OH excluding ortho intramolecular Hbond substituents is 1. The second-order valence-corrected chi connectivity index (χ2v) is 6.26. The van der Waals surface area contributed by atoms with Crippen molar-refractivity contribution >= 4 is 24.3 Å². The number of rotatable bonds is 7. The van der Waals surface area contributed by atoms with E-state index >= 15 is 0 Å². The molecule has 0 radical (unpaired) electrons. The summed E-state index contributed by atoms with van der Waals surface area (Å²) in [6, 6.07) is 21.2. The normalized spacial score (nSPS) is 11.2. The molecule has 0 fully saturated rings. The molecule has 0 saturated heterocycles. The number of benzene rings is 3. The highest BCUT2D eigenvalue weighted by molar-refractivity contribution is 5.76. The van der Waals surface area contributed by atoms with Crippen LogP contribution in [0.1, 0.15) is 29.2 Å². The van der Waals surface area contributed by atoms with Gasteiger partial charge in [-0.05, 0) is 53.9 Å². The smallest absolute Gasteiger partial charge is 0.126 e. The lowest BCUT2D eigenvalue weighted by Gasteiger charge is -2.06. The lowest BCUT2D eigenvalue weighted by molar-refractivity contribution is 0.340. The summed E-state index contributed by atoms with van der Waals surface area (Å²) in [7, 11) is 1.68. The first-order chi connectivity index (χ1) is 13.7. The maximum Gasteiger partial charge on any atom is 0.126 e. The predicted octanol–water partition coefficient (Wildman–Crippen LogP) is 6.14. The van der Waals surface area contributed by atoms with Gasteiger partial charge < -0.3 is 14.6 Å². The molecule has 3 aromatic rings. The van der Waals surface area contributed by atoms with Gasteiger partial charge in [-0.15, -0.1) is 0 Å². The fraction of sp³-hybridized carbons (Fsp3) is 0.120. The highest BCUT2D eigenvalue weighted by Gasteiger charge is 2.01. The molecule has 0 aliphatic rings. The van der Waals surface area contributed by atoms with Gasteiger partial charge in [0, 0.05) is 5.56 Å². The Morgan fingerprint density at radius 3 is 1.96 bits per heavy atom. The van der Waals surface area contributed by atoms with Crippen molar-refractivity contribution in [3.63, 3.8) is 0 Å². The van der Waals surface area contributed by atoms with Crippen molar-refractivity contribution in [3.05, 3.63) is 89.0 Å². The van der Waals surface area contributed by atoms with Crippen molar-refractivity contribution < 1.29 is 14.6 Å². The summed E-state index contributed by atoms with van der Waals surface area (Å²) in [5.74, 6) is 1.96. The summed E-state index contributed by atoms with van der Waals surface area (Å²) in [5, 5.41) is 9.36. The van der Waals surface area contributed by atoms with Gasteiger partial charge in [-0.1, -0.05) is 60.7 Å². The number of hydrogen-bond donors (Lipinski definition) is 1. The molecule has 0 aromatic heterocycles. The molecule has 0 unspecified atom stereocenters. The Balaban J connectivity index is 1.74. The van der Waals surface area contributed by atoms with Crippen LogP contribution in [0.5, 0.6) is 17.2 Å². The van der Waals surface area contributed by atoms with E-state index in [2.05, 4.69) is 12.1 Å². The Labute approximate surface area is 166 Å². The van der Waals surface area contributed by atoms with Gasteiger partial charge >= 0.3 is 0 Å². The van der Waals surface area contributed by atoms with E-state index in [-0.39, 0.29) is 5.75 Å². The third-order valence-electron chi connectivity index (χ3n) is 4.27. The van der Waals surface area contributed by atoms with Crippen LogP contribution in [0, 0.1) is 0 Å². The summed E-state index contributed by atoms with van der Waals surface area (Å²) in [4.78, 5) is 0. The summed E-state index contributed by atoms with van der Waals surface area (Å²) < 4.78 is 11.0. The maximum atomic E-state index is 9.36. The summed E-state index contributed by atoms with van der Waals surface area (Å²) in [6.07, 6.45) is 8.13. The molecule has 3 nitrogen and oxygen atoms in total. The Bertz CT molecular complexity index is 952. The zero-order valence-electron chi connectivity index (χ0n) is 16.1. The van der Waals surface area contributed by atoms with Crippen LogP contribution in [0.15, 0.2) is 66.7 Å². The van der Waals surface area contributed by atoms with Crippen LogP contribution in [-0.4, -0.2) is 18.8 Å². The number of phenols is 1. The van der Waals surface area contributed by atoms with Gasteiger partial charge in [0.2, 0.25) is 0 Å². The van der Waals surface area contributed by atoms with Crippen molar-refractivity contribution in [2.45, 2.75) is 6.92 Å². The first-order valence-corrected chi connectivity index (χ1v) is 9.24. The predicted molar refractivity (Wildman–Crippen MR) is 117 cm³/mol. The minimum absolute atomic E-state index is 0.266. The van der Waals surface area contributed by atoms with E-state index in [4.69, 9.17) is 9.47 Å². The van der Waals surface area contributed by atoms with E-state index in [9.17, 15) is 5.11 Å². The maximum absolute atomic E-state index is 9.36. The Morgan fingerprint density at radius 2 is 1.32 bits per heavy atom. The summed E-state index contributed by atoms with van der Waals surface area (Å²) in [5.41, 5.74) is 4.18. The van der Waals surface area contributed by atoms with E-state index < -0.39 is 0 Å². The standard InChI is InChI=1S/C25H24O3/c1-3-28-24-16-10-20(11-17-24)6-12-22-13-7-21(18-25(22)27-2)5-4-19-8-14-23(26)15-9-19/h4-18,26H,3H2,1-2H3/b5-4+,12-6+. The zero-order chi connectivity index (χ0) is 19.8. The second kappa shape index (κ2) is 9.47. The monoisotopic (exact) mass is 372 g/mol. The van der Waals surface area contributed by atoms with Crippen molar-refractivity contribution in [2.24, 2.45) is 0 Å². The molecule has 1 N–H and O–H groups in total. The molecule has 0 saturated carbocycles. The van der Waals surface area contributed by atoms with Gasteiger partial charge in [-0.3, -0.25) is 0 Å². The molecule has 0 aliphatic carbocycles. The van der Waals surface area contributed by atoms with E-state index in [1.807, 2.05) is 73.7 Å². The third kappa shape index (κ3) is 5.27. The van der Waals surface area contributed by atoms with Crippen LogP contribution in [0.2, 0.25) is 0 Å². The van der Waals surface area contributed by atoms with Crippen LogP contribution < -0.4 is 9.47 Å². The van der Waals surface area contributed by atoms with Gasteiger partial charge in [0.25, 0.3) is 0 Å². The molecule has 0 bridgehead atoms. The van der Waals surface area contributed by atoms with Gasteiger partial charge in [0.05, 0.1) is 13.7 Å². The second-order valence-electron chi connectivity index (χ2n) is 6.26. The molecule has 0 heterocycles. The highest BCUT2D eigenvalue weighted by Crippen LogP contribution is 2.24. The average Bonchev–Trinajstić information content (AvgIpc) is 2.73. The molecule has 0 aliphatic heterocycles. The van der Waals surface area contributed by atoms with Gasteiger partial charge in [-0.25, -0.2) is 0 Å². The van der Waals surface area contributed by atoms with E-state index in [1.54, 1.807) is 19.2 Å². The van der Waals surface area contributed by atoms with Gasteiger partial charge in [0.1, 0.15) is 17.2 Å². The molecular weight excluding hydrogens is 348 g/mol. The quantitative estimate of drug-likeness (QED) is 0.506.